The first-order valence-electron chi connectivity index (χ1n) is 7.93. The third-order valence-electron chi connectivity index (χ3n) is 4.00. The summed E-state index contributed by atoms with van der Waals surface area (Å²) in [5.41, 5.74) is 2.68. The summed E-state index contributed by atoms with van der Waals surface area (Å²) < 4.78 is 6.86. The molecule has 0 fully saturated rings. The monoisotopic (exact) mass is 360 g/mol. The number of rotatable bonds is 6. The van der Waals surface area contributed by atoms with E-state index in [2.05, 4.69) is 10.4 Å². The van der Waals surface area contributed by atoms with Crippen LogP contribution in [0, 0.1) is 24.0 Å². The molecule has 9 nitrogen and oxygen atoms in total. The summed E-state index contributed by atoms with van der Waals surface area (Å²) in [6.07, 6.45) is -0.976. The smallest absolute Gasteiger partial charge is 0.311 e. The summed E-state index contributed by atoms with van der Waals surface area (Å²) in [7, 11) is 1.79. The van der Waals surface area contributed by atoms with Crippen LogP contribution in [-0.4, -0.2) is 32.7 Å². The van der Waals surface area contributed by atoms with Gasteiger partial charge in [0.15, 0.2) is 6.10 Å². The SMILES string of the molecule is Cc1nn(C)c(C)c1CC(=O)OC(C)C(=O)Nc1ccc([N+](=O)[O-])cc1. The molecule has 1 atom stereocenters. The molecule has 2 rings (SSSR count). The number of benzene rings is 1. The number of aryl methyl sites for hydroxylation is 2. The first-order valence-corrected chi connectivity index (χ1v) is 7.93. The molecule has 0 saturated heterocycles. The second-order valence-corrected chi connectivity index (χ2v) is 5.88. The Hall–Kier alpha value is -3.23. The van der Waals surface area contributed by atoms with Gasteiger partial charge in [0, 0.05) is 36.1 Å². The maximum absolute atomic E-state index is 12.1. The summed E-state index contributed by atoms with van der Waals surface area (Å²) in [6, 6.07) is 5.38. The van der Waals surface area contributed by atoms with Crippen molar-refractivity contribution in [1.82, 2.24) is 9.78 Å². The van der Waals surface area contributed by atoms with Crippen LogP contribution in [0.2, 0.25) is 0 Å². The van der Waals surface area contributed by atoms with Gasteiger partial charge in [-0.05, 0) is 32.9 Å². The summed E-state index contributed by atoms with van der Waals surface area (Å²) in [5, 5.41) is 17.4. The molecule has 0 saturated carbocycles. The van der Waals surface area contributed by atoms with Crippen LogP contribution in [0.5, 0.6) is 0 Å². The Labute approximate surface area is 150 Å². The van der Waals surface area contributed by atoms with E-state index in [1.807, 2.05) is 6.92 Å². The van der Waals surface area contributed by atoms with Gasteiger partial charge in [0.05, 0.1) is 17.0 Å². The number of hydrogen-bond donors (Lipinski definition) is 1. The molecular weight excluding hydrogens is 340 g/mol. The van der Waals surface area contributed by atoms with Crippen LogP contribution in [0.4, 0.5) is 11.4 Å². The molecule has 0 aliphatic heterocycles. The molecule has 1 N–H and O–H groups in total. The lowest BCUT2D eigenvalue weighted by atomic mass is 10.1. The molecule has 0 spiro atoms. The largest absolute Gasteiger partial charge is 0.452 e. The van der Waals surface area contributed by atoms with Crippen LogP contribution in [0.1, 0.15) is 23.9 Å². The average molecular weight is 360 g/mol. The predicted molar refractivity (Wildman–Crippen MR) is 93.7 cm³/mol. The van der Waals surface area contributed by atoms with E-state index < -0.39 is 22.9 Å². The molecule has 0 aliphatic rings. The molecule has 1 unspecified atom stereocenters. The zero-order valence-electron chi connectivity index (χ0n) is 15.0. The van der Waals surface area contributed by atoms with Crippen LogP contribution >= 0.6 is 0 Å². The fourth-order valence-corrected chi connectivity index (χ4v) is 2.42. The molecule has 1 heterocycles. The molecule has 1 aromatic carbocycles. The second-order valence-electron chi connectivity index (χ2n) is 5.88. The number of esters is 1. The minimum absolute atomic E-state index is 0.0284. The first kappa shape index (κ1) is 19.1. The predicted octanol–water partition coefficient (Wildman–Crippen LogP) is 2.06. The molecular formula is C17H20N4O5. The lowest BCUT2D eigenvalue weighted by Crippen LogP contribution is -2.30. The van der Waals surface area contributed by atoms with Crippen LogP contribution in [0.15, 0.2) is 24.3 Å². The van der Waals surface area contributed by atoms with E-state index in [1.165, 1.54) is 31.2 Å². The van der Waals surface area contributed by atoms with E-state index in [-0.39, 0.29) is 12.1 Å². The minimum atomic E-state index is -1.00. The van der Waals surface area contributed by atoms with Crippen LogP contribution < -0.4 is 5.32 Å². The van der Waals surface area contributed by atoms with Crippen molar-refractivity contribution in [2.45, 2.75) is 33.3 Å². The quantitative estimate of drug-likeness (QED) is 0.479. The van der Waals surface area contributed by atoms with Crippen LogP contribution in [-0.2, 0) is 27.8 Å². The lowest BCUT2D eigenvalue weighted by Gasteiger charge is -2.13. The van der Waals surface area contributed by atoms with E-state index in [4.69, 9.17) is 4.74 Å². The number of nitrogens with zero attached hydrogens (tertiary/aromatic N) is 3. The third kappa shape index (κ3) is 4.44. The molecule has 2 aromatic rings. The fraction of sp³-hybridized carbons (Fsp3) is 0.353. The highest BCUT2D eigenvalue weighted by Crippen LogP contribution is 2.16. The number of ether oxygens (including phenoxy) is 1. The number of nitrogens with one attached hydrogen (secondary N) is 1. The first-order chi connectivity index (χ1) is 12.2. The molecule has 138 valence electrons. The van der Waals surface area contributed by atoms with Crippen molar-refractivity contribution in [2.75, 3.05) is 5.32 Å². The zero-order chi connectivity index (χ0) is 19.4. The topological polar surface area (TPSA) is 116 Å². The van der Waals surface area contributed by atoms with Gasteiger partial charge in [0.2, 0.25) is 0 Å². The molecule has 26 heavy (non-hydrogen) atoms. The van der Waals surface area contributed by atoms with Crippen molar-refractivity contribution < 1.29 is 19.2 Å². The summed E-state index contributed by atoms with van der Waals surface area (Å²) in [5.74, 6) is -1.05. The number of nitro benzene ring substituents is 1. The number of nitro groups is 1. The fourth-order valence-electron chi connectivity index (χ4n) is 2.42. The van der Waals surface area contributed by atoms with E-state index >= 15 is 0 Å². The van der Waals surface area contributed by atoms with Gasteiger partial charge in [-0.25, -0.2) is 0 Å². The standard InChI is InChI=1S/C17H20N4O5/c1-10-15(11(2)20(4)19-10)9-16(22)26-12(3)17(23)18-13-5-7-14(8-6-13)21(24)25/h5-8,12H,9H2,1-4H3,(H,18,23). The van der Waals surface area contributed by atoms with Crippen LogP contribution in [0.25, 0.3) is 0 Å². The lowest BCUT2D eigenvalue weighted by molar-refractivity contribution is -0.384. The molecule has 1 amide bonds. The number of carbonyl (C=O) groups is 2. The van der Waals surface area contributed by atoms with E-state index in [0.717, 1.165) is 17.0 Å². The van der Waals surface area contributed by atoms with Gasteiger partial charge in [-0.2, -0.15) is 5.10 Å². The van der Waals surface area contributed by atoms with Crippen molar-refractivity contribution in [1.29, 1.82) is 0 Å². The number of anilines is 1. The number of amides is 1. The van der Waals surface area contributed by atoms with E-state index in [1.54, 1.807) is 18.7 Å². The molecule has 0 bridgehead atoms. The maximum atomic E-state index is 12.1. The Balaban J connectivity index is 1.93. The summed E-state index contributed by atoms with van der Waals surface area (Å²) in [4.78, 5) is 34.3. The number of carbonyl (C=O) groups excluding carboxylic acids is 2. The molecule has 0 aliphatic carbocycles. The zero-order valence-corrected chi connectivity index (χ0v) is 15.0. The minimum Gasteiger partial charge on any atom is -0.452 e. The Kier molecular flexibility index (Phi) is 5.71. The Morgan fingerprint density at radius 3 is 2.42 bits per heavy atom. The Morgan fingerprint density at radius 1 is 1.31 bits per heavy atom. The van der Waals surface area contributed by atoms with E-state index in [9.17, 15) is 19.7 Å². The molecule has 9 heteroatoms. The highest BCUT2D eigenvalue weighted by atomic mass is 16.6. The van der Waals surface area contributed by atoms with Gasteiger partial charge in [-0.15, -0.1) is 0 Å². The number of non-ortho nitro benzene ring substituents is 1. The highest BCUT2D eigenvalue weighted by Gasteiger charge is 2.21. The van der Waals surface area contributed by atoms with Gasteiger partial charge in [-0.3, -0.25) is 24.4 Å². The van der Waals surface area contributed by atoms with Crippen molar-refractivity contribution in [3.63, 3.8) is 0 Å². The molecule has 0 radical (unpaired) electrons. The van der Waals surface area contributed by atoms with Gasteiger partial charge in [-0.1, -0.05) is 0 Å². The van der Waals surface area contributed by atoms with Gasteiger partial charge < -0.3 is 10.1 Å². The third-order valence-corrected chi connectivity index (χ3v) is 4.00. The maximum Gasteiger partial charge on any atom is 0.311 e. The van der Waals surface area contributed by atoms with Gasteiger partial charge in [0.1, 0.15) is 0 Å². The number of hydrogen-bond acceptors (Lipinski definition) is 6. The second kappa shape index (κ2) is 7.77. The highest BCUT2D eigenvalue weighted by molar-refractivity contribution is 5.95. The normalized spacial score (nSPS) is 11.7. The van der Waals surface area contributed by atoms with Crippen molar-refractivity contribution in [3.05, 3.63) is 51.3 Å². The van der Waals surface area contributed by atoms with Gasteiger partial charge >= 0.3 is 5.97 Å². The van der Waals surface area contributed by atoms with E-state index in [0.29, 0.717) is 5.69 Å². The summed E-state index contributed by atoms with van der Waals surface area (Å²) >= 11 is 0. The summed E-state index contributed by atoms with van der Waals surface area (Å²) in [6.45, 7) is 5.12. The Morgan fingerprint density at radius 2 is 1.92 bits per heavy atom. The molecule has 1 aromatic heterocycles. The van der Waals surface area contributed by atoms with Crippen molar-refractivity contribution >= 4 is 23.3 Å². The number of aromatic nitrogens is 2. The Bertz CT molecular complexity index is 842. The average Bonchev–Trinajstić information content (AvgIpc) is 2.81. The van der Waals surface area contributed by atoms with Crippen molar-refractivity contribution in [2.24, 2.45) is 7.05 Å². The van der Waals surface area contributed by atoms with Crippen LogP contribution in [0.3, 0.4) is 0 Å². The van der Waals surface area contributed by atoms with Gasteiger partial charge in [0.25, 0.3) is 11.6 Å². The van der Waals surface area contributed by atoms with Crippen molar-refractivity contribution in [3.8, 4) is 0 Å².